The number of amides is 1. The summed E-state index contributed by atoms with van der Waals surface area (Å²) in [5.74, 6) is 1.33. The molecule has 2 aliphatic rings. The molecule has 0 radical (unpaired) electrons. The largest absolute Gasteiger partial charge is 0.497 e. The second-order valence-corrected chi connectivity index (χ2v) is 9.46. The van der Waals surface area contributed by atoms with Gasteiger partial charge in [-0.3, -0.25) is 9.78 Å². The highest BCUT2D eigenvalue weighted by molar-refractivity contribution is 5.94. The molecule has 0 bridgehead atoms. The monoisotopic (exact) mass is 460 g/mol. The first kappa shape index (κ1) is 22.5. The number of fused-ring (bicyclic) bond motifs is 1. The van der Waals surface area contributed by atoms with Gasteiger partial charge in [-0.1, -0.05) is 6.92 Å². The van der Waals surface area contributed by atoms with E-state index in [4.69, 9.17) is 9.72 Å². The summed E-state index contributed by atoms with van der Waals surface area (Å²) in [5, 5.41) is 0. The van der Waals surface area contributed by atoms with Crippen LogP contribution in [-0.2, 0) is 0 Å². The highest BCUT2D eigenvalue weighted by Crippen LogP contribution is 2.35. The maximum atomic E-state index is 13.0. The van der Waals surface area contributed by atoms with Crippen LogP contribution >= 0.6 is 0 Å². The molecule has 0 N–H and O–H groups in total. The van der Waals surface area contributed by atoms with Gasteiger partial charge >= 0.3 is 0 Å². The maximum Gasteiger partial charge on any atom is 0.253 e. The lowest BCUT2D eigenvalue weighted by Gasteiger charge is -2.37. The van der Waals surface area contributed by atoms with E-state index in [9.17, 15) is 4.79 Å². The smallest absolute Gasteiger partial charge is 0.253 e. The number of nitrogens with zero attached hydrogens (tertiary/aromatic N) is 6. The van der Waals surface area contributed by atoms with Crippen LogP contribution < -0.4 is 9.64 Å². The highest BCUT2D eigenvalue weighted by atomic mass is 16.5. The SMILES string of the molecule is COc1ccc(C(=O)N2CCC(c3ncnc4cc(N5CCN(C)CC5)cnc34)C(C)C2)cc1. The summed E-state index contributed by atoms with van der Waals surface area (Å²) in [7, 11) is 3.79. The molecule has 8 nitrogen and oxygen atoms in total. The predicted octanol–water partition coefficient (Wildman–Crippen LogP) is 3.05. The van der Waals surface area contributed by atoms with Gasteiger partial charge < -0.3 is 19.4 Å². The lowest BCUT2D eigenvalue weighted by atomic mass is 9.83. The van der Waals surface area contributed by atoms with E-state index in [0.29, 0.717) is 18.7 Å². The van der Waals surface area contributed by atoms with Gasteiger partial charge in [0.15, 0.2) is 0 Å². The second-order valence-electron chi connectivity index (χ2n) is 9.46. The number of rotatable bonds is 4. The fourth-order valence-corrected chi connectivity index (χ4v) is 5.11. The molecule has 5 rings (SSSR count). The topological polar surface area (TPSA) is 74.7 Å². The number of piperidine rings is 1. The van der Waals surface area contributed by atoms with Crippen LogP contribution in [-0.4, -0.2) is 84.1 Å². The summed E-state index contributed by atoms with van der Waals surface area (Å²) in [6.07, 6.45) is 4.49. The van der Waals surface area contributed by atoms with Gasteiger partial charge in [0.25, 0.3) is 5.91 Å². The number of piperazine rings is 1. The lowest BCUT2D eigenvalue weighted by molar-refractivity contribution is 0.0659. The van der Waals surface area contributed by atoms with Crippen molar-refractivity contribution in [1.29, 1.82) is 0 Å². The van der Waals surface area contributed by atoms with Crippen molar-refractivity contribution < 1.29 is 9.53 Å². The van der Waals surface area contributed by atoms with Crippen molar-refractivity contribution in [1.82, 2.24) is 24.8 Å². The zero-order valence-electron chi connectivity index (χ0n) is 20.1. The predicted molar refractivity (Wildman–Crippen MR) is 132 cm³/mol. The number of likely N-dealkylation sites (tertiary alicyclic amines) is 1. The summed E-state index contributed by atoms with van der Waals surface area (Å²) in [4.78, 5) is 33.8. The second kappa shape index (κ2) is 9.54. The number of carbonyl (C=O) groups is 1. The van der Waals surface area contributed by atoms with Gasteiger partial charge in [-0.25, -0.2) is 9.97 Å². The summed E-state index contributed by atoms with van der Waals surface area (Å²) in [6, 6.07) is 9.47. The van der Waals surface area contributed by atoms with Gasteiger partial charge in [0, 0.05) is 50.7 Å². The summed E-state index contributed by atoms with van der Waals surface area (Å²) >= 11 is 0. The molecule has 2 unspecified atom stereocenters. The zero-order valence-corrected chi connectivity index (χ0v) is 20.1. The van der Waals surface area contributed by atoms with E-state index in [2.05, 4.69) is 39.8 Å². The summed E-state index contributed by atoms with van der Waals surface area (Å²) < 4.78 is 5.21. The van der Waals surface area contributed by atoms with Crippen molar-refractivity contribution in [3.63, 3.8) is 0 Å². The third kappa shape index (κ3) is 4.42. The fraction of sp³-hybridized carbons (Fsp3) is 0.462. The Morgan fingerprint density at radius 3 is 2.50 bits per heavy atom. The number of hydrogen-bond acceptors (Lipinski definition) is 7. The molecule has 2 atom stereocenters. The minimum absolute atomic E-state index is 0.0652. The number of carbonyl (C=O) groups excluding carboxylic acids is 1. The van der Waals surface area contributed by atoms with Crippen LogP contribution in [0.5, 0.6) is 5.75 Å². The van der Waals surface area contributed by atoms with Crippen LogP contribution in [0.15, 0.2) is 42.9 Å². The van der Waals surface area contributed by atoms with Crippen molar-refractivity contribution in [2.24, 2.45) is 5.92 Å². The Kier molecular flexibility index (Phi) is 6.32. The molecule has 34 heavy (non-hydrogen) atoms. The molecule has 8 heteroatoms. The van der Waals surface area contributed by atoms with Crippen molar-refractivity contribution in [2.45, 2.75) is 19.3 Å². The van der Waals surface area contributed by atoms with Crippen molar-refractivity contribution in [3.05, 3.63) is 54.1 Å². The molecular formula is C26H32N6O2. The standard InChI is InChI=1S/C26H32N6O2/c1-18-16-32(26(33)19-4-6-21(34-3)7-5-19)9-8-22(18)24-25-23(28-17-29-24)14-20(15-27-25)31-12-10-30(2)11-13-31/h4-7,14-15,17-18,22H,8-13,16H2,1-3H3. The number of ether oxygens (including phenoxy) is 1. The summed E-state index contributed by atoms with van der Waals surface area (Å²) in [6.45, 7) is 7.70. The van der Waals surface area contributed by atoms with E-state index in [1.165, 1.54) is 0 Å². The number of methoxy groups -OCH3 is 1. The van der Waals surface area contributed by atoms with E-state index < -0.39 is 0 Å². The van der Waals surface area contributed by atoms with Gasteiger partial charge in [-0.2, -0.15) is 0 Å². The number of likely N-dealkylation sites (N-methyl/N-ethyl adjacent to an activating group) is 1. The van der Waals surface area contributed by atoms with Crippen molar-refractivity contribution >= 4 is 22.6 Å². The zero-order chi connectivity index (χ0) is 23.7. The van der Waals surface area contributed by atoms with Crippen LogP contribution in [0.1, 0.15) is 35.3 Å². The Balaban J connectivity index is 1.32. The third-order valence-corrected chi connectivity index (χ3v) is 7.24. The molecule has 3 aromatic rings. The molecule has 0 spiro atoms. The molecule has 178 valence electrons. The van der Waals surface area contributed by atoms with Gasteiger partial charge in [-0.05, 0) is 49.7 Å². The quantitative estimate of drug-likeness (QED) is 0.592. The van der Waals surface area contributed by atoms with E-state index in [0.717, 1.165) is 60.8 Å². The van der Waals surface area contributed by atoms with Crippen LogP contribution in [0.3, 0.4) is 0 Å². The Morgan fingerprint density at radius 1 is 1.03 bits per heavy atom. The van der Waals surface area contributed by atoms with E-state index >= 15 is 0 Å². The molecule has 4 heterocycles. The lowest BCUT2D eigenvalue weighted by Crippen LogP contribution is -2.44. The van der Waals surface area contributed by atoms with Gasteiger partial charge in [0.05, 0.1) is 30.2 Å². The van der Waals surface area contributed by atoms with E-state index in [1.54, 1.807) is 13.4 Å². The highest BCUT2D eigenvalue weighted by Gasteiger charge is 2.32. The van der Waals surface area contributed by atoms with Crippen molar-refractivity contribution in [2.75, 3.05) is 58.3 Å². The number of pyridine rings is 1. The summed E-state index contributed by atoms with van der Waals surface area (Å²) in [5.41, 5.74) is 4.59. The van der Waals surface area contributed by atoms with Gasteiger partial charge in [0.1, 0.15) is 17.6 Å². The molecule has 2 aliphatic heterocycles. The van der Waals surface area contributed by atoms with E-state index in [-0.39, 0.29) is 17.7 Å². The normalized spacial score (nSPS) is 21.6. The number of aromatic nitrogens is 3. The molecule has 1 aromatic carbocycles. The molecular weight excluding hydrogens is 428 g/mol. The first-order valence-electron chi connectivity index (χ1n) is 12.0. The Labute approximate surface area is 200 Å². The number of anilines is 1. The third-order valence-electron chi connectivity index (χ3n) is 7.24. The van der Waals surface area contributed by atoms with Gasteiger partial charge in [-0.15, -0.1) is 0 Å². The average molecular weight is 461 g/mol. The van der Waals surface area contributed by atoms with Crippen LogP contribution in [0.25, 0.3) is 11.0 Å². The maximum absolute atomic E-state index is 13.0. The van der Waals surface area contributed by atoms with Gasteiger partial charge in [0.2, 0.25) is 0 Å². The van der Waals surface area contributed by atoms with Crippen molar-refractivity contribution in [3.8, 4) is 5.75 Å². The first-order valence-corrected chi connectivity index (χ1v) is 12.0. The molecule has 0 aliphatic carbocycles. The number of hydrogen-bond donors (Lipinski definition) is 0. The fourth-order valence-electron chi connectivity index (χ4n) is 5.11. The van der Waals surface area contributed by atoms with Crippen LogP contribution in [0.4, 0.5) is 5.69 Å². The van der Waals surface area contributed by atoms with Crippen LogP contribution in [0.2, 0.25) is 0 Å². The Morgan fingerprint density at radius 2 is 1.79 bits per heavy atom. The average Bonchev–Trinajstić information content (AvgIpc) is 2.88. The molecule has 1 amide bonds. The molecule has 0 saturated carbocycles. The number of benzene rings is 1. The Hall–Kier alpha value is -3.26. The van der Waals surface area contributed by atoms with E-state index in [1.807, 2.05) is 35.4 Å². The Bertz CT molecular complexity index is 1160. The first-order chi connectivity index (χ1) is 16.5. The molecule has 2 aromatic heterocycles. The molecule has 2 fully saturated rings. The minimum atomic E-state index is 0.0652. The minimum Gasteiger partial charge on any atom is -0.497 e. The molecule has 2 saturated heterocycles. The van der Waals surface area contributed by atoms with Crippen LogP contribution in [0, 0.1) is 5.92 Å².